The van der Waals surface area contributed by atoms with Gasteiger partial charge in [-0.15, -0.1) is 5.10 Å². The van der Waals surface area contributed by atoms with Gasteiger partial charge in [-0.2, -0.15) is 0 Å². The quantitative estimate of drug-likeness (QED) is 0.476. The van der Waals surface area contributed by atoms with Crippen molar-refractivity contribution in [3.8, 4) is 11.4 Å². The van der Waals surface area contributed by atoms with Crippen LogP contribution in [0, 0.1) is 17.8 Å². The molecule has 1 aromatic heterocycles. The van der Waals surface area contributed by atoms with Crippen molar-refractivity contribution in [1.82, 2.24) is 25.1 Å². The van der Waals surface area contributed by atoms with E-state index < -0.39 is 6.41 Å². The first kappa shape index (κ1) is 22.0. The van der Waals surface area contributed by atoms with Crippen molar-refractivity contribution in [3.05, 3.63) is 66.5 Å². The average molecular weight is 450 g/mol. The van der Waals surface area contributed by atoms with Crippen molar-refractivity contribution in [1.29, 1.82) is 0 Å². The Hall–Kier alpha value is -2.81. The zero-order valence-electron chi connectivity index (χ0n) is 18.7. The summed E-state index contributed by atoms with van der Waals surface area (Å²) < 4.78 is 13.3. The predicted octanol–water partition coefficient (Wildman–Crippen LogP) is 3.27. The van der Waals surface area contributed by atoms with Crippen molar-refractivity contribution in [2.75, 3.05) is 19.7 Å². The Morgan fingerprint density at radius 2 is 1.82 bits per heavy atom. The maximum absolute atomic E-state index is 10.4. The highest BCUT2D eigenvalue weighted by Gasteiger charge is 2.43. The third-order valence-electron chi connectivity index (χ3n) is 6.92. The summed E-state index contributed by atoms with van der Waals surface area (Å²) in [4.78, 5) is 2.05. The number of hydrogen-bond donors (Lipinski definition) is 1. The molecule has 2 unspecified atom stereocenters. The molecule has 3 aromatic rings. The van der Waals surface area contributed by atoms with E-state index >= 15 is 0 Å². The molecule has 3 atom stereocenters. The predicted molar refractivity (Wildman–Crippen MR) is 122 cm³/mol. The second-order valence-corrected chi connectivity index (χ2v) is 9.04. The highest BCUT2D eigenvalue weighted by Crippen LogP contribution is 2.49. The minimum absolute atomic E-state index is 0.438. The summed E-state index contributed by atoms with van der Waals surface area (Å²) in [6.45, 7) is 2.98. The van der Waals surface area contributed by atoms with E-state index in [0.717, 1.165) is 73.7 Å². The molecule has 0 spiro atoms. The number of tetrazole rings is 1. The van der Waals surface area contributed by atoms with E-state index in [9.17, 15) is 5.11 Å². The van der Waals surface area contributed by atoms with E-state index in [0.29, 0.717) is 6.61 Å². The van der Waals surface area contributed by atoms with E-state index in [1.807, 2.05) is 54.6 Å². The minimum Gasteiger partial charge on any atom is -0.494 e. The van der Waals surface area contributed by atoms with Crippen molar-refractivity contribution < 1.29 is 14.6 Å². The molecule has 1 N–H and O–H groups in total. The molecule has 2 aromatic carbocycles. The monoisotopic (exact) mass is 449 g/mol. The fourth-order valence-corrected chi connectivity index (χ4v) is 4.90. The fourth-order valence-electron chi connectivity index (χ4n) is 4.90. The molecule has 5 rings (SSSR count). The summed E-state index contributed by atoms with van der Waals surface area (Å²) in [5.41, 5.74) is 1.99. The molecule has 2 aliphatic rings. The summed E-state index contributed by atoms with van der Waals surface area (Å²) in [5, 5.41) is 21.6. The van der Waals surface area contributed by atoms with Gasteiger partial charge in [0.2, 0.25) is 6.41 Å². The zero-order chi connectivity index (χ0) is 22.5. The van der Waals surface area contributed by atoms with Crippen LogP contribution < -0.4 is 4.74 Å². The van der Waals surface area contributed by atoms with E-state index in [2.05, 4.69) is 20.4 Å². The summed E-state index contributed by atoms with van der Waals surface area (Å²) >= 11 is 0. The molecule has 0 bridgehead atoms. The Labute approximate surface area is 194 Å². The Kier molecular flexibility index (Phi) is 6.95. The van der Waals surface area contributed by atoms with Crippen molar-refractivity contribution in [3.63, 3.8) is 0 Å². The largest absolute Gasteiger partial charge is 0.494 e. The molecule has 8 heteroatoms. The van der Waals surface area contributed by atoms with Crippen LogP contribution in [0.3, 0.4) is 0 Å². The summed E-state index contributed by atoms with van der Waals surface area (Å²) in [6, 6.07) is 17.8. The second kappa shape index (κ2) is 10.4. The summed E-state index contributed by atoms with van der Waals surface area (Å²) in [5.74, 6) is 3.20. The van der Waals surface area contributed by atoms with Gasteiger partial charge in [0.1, 0.15) is 12.1 Å². The lowest BCUT2D eigenvalue weighted by Gasteiger charge is -2.35. The van der Waals surface area contributed by atoms with Crippen LogP contribution in [0.15, 0.2) is 60.9 Å². The summed E-state index contributed by atoms with van der Waals surface area (Å²) in [7, 11) is 0. The van der Waals surface area contributed by atoms with Gasteiger partial charge in [-0.25, -0.2) is 4.68 Å². The smallest absolute Gasteiger partial charge is 0.216 e. The molecule has 174 valence electrons. The lowest BCUT2D eigenvalue weighted by Crippen LogP contribution is -2.43. The molecule has 1 aliphatic heterocycles. The van der Waals surface area contributed by atoms with Gasteiger partial charge in [0, 0.05) is 13.1 Å². The molecule has 0 radical (unpaired) electrons. The van der Waals surface area contributed by atoms with Crippen LogP contribution in [0.1, 0.15) is 31.2 Å². The number of piperidine rings is 1. The third-order valence-corrected chi connectivity index (χ3v) is 6.92. The first-order valence-corrected chi connectivity index (χ1v) is 11.8. The first-order valence-electron chi connectivity index (χ1n) is 11.8. The normalized spacial score (nSPS) is 22.2. The Balaban J connectivity index is 0.983. The lowest BCUT2D eigenvalue weighted by atomic mass is 9.90. The molecular weight excluding hydrogens is 418 g/mol. The van der Waals surface area contributed by atoms with E-state index in [4.69, 9.17) is 9.47 Å². The standard InChI is InChI=1S/C25H31N5O3/c31-25(33-17-19-4-2-1-3-5-19)29-13-10-20(11-14-29)24-16-21(24)12-15-32-23-8-6-22(7-9-23)30-18-26-27-28-30/h1-9,18,20-21,24-25,31H,10-17H2/t21?,24-,25?/m1/s1. The van der Waals surface area contributed by atoms with Gasteiger partial charge < -0.3 is 14.6 Å². The summed E-state index contributed by atoms with van der Waals surface area (Å²) in [6.07, 6.45) is 5.42. The first-order chi connectivity index (χ1) is 16.3. The number of ether oxygens (including phenoxy) is 2. The highest BCUT2D eigenvalue weighted by atomic mass is 16.6. The number of nitrogens with zero attached hydrogens (tertiary/aromatic N) is 5. The van der Waals surface area contributed by atoms with Crippen LogP contribution in [0.25, 0.3) is 5.69 Å². The van der Waals surface area contributed by atoms with Gasteiger partial charge in [0.15, 0.2) is 0 Å². The van der Waals surface area contributed by atoms with Crippen molar-refractivity contribution in [2.45, 2.75) is 38.7 Å². The minimum atomic E-state index is -0.818. The number of hydrogen-bond acceptors (Lipinski definition) is 7. The van der Waals surface area contributed by atoms with Gasteiger partial charge in [-0.05, 0) is 83.7 Å². The molecular formula is C25H31N5O3. The maximum Gasteiger partial charge on any atom is 0.216 e. The Morgan fingerprint density at radius 3 is 2.55 bits per heavy atom. The molecule has 1 saturated heterocycles. The van der Waals surface area contributed by atoms with E-state index in [1.54, 1.807) is 11.0 Å². The number of rotatable bonds is 10. The fraction of sp³-hybridized carbons (Fsp3) is 0.480. The second-order valence-electron chi connectivity index (χ2n) is 9.04. The van der Waals surface area contributed by atoms with Crippen LogP contribution in [-0.4, -0.2) is 56.3 Å². The lowest BCUT2D eigenvalue weighted by molar-refractivity contribution is -0.206. The number of aliphatic hydroxyl groups excluding tert-OH is 1. The molecule has 1 aliphatic carbocycles. The van der Waals surface area contributed by atoms with Gasteiger partial charge in [0.25, 0.3) is 0 Å². The Morgan fingerprint density at radius 1 is 1.03 bits per heavy atom. The zero-order valence-corrected chi connectivity index (χ0v) is 18.7. The molecule has 2 fully saturated rings. The van der Waals surface area contributed by atoms with Crippen LogP contribution in [0.2, 0.25) is 0 Å². The van der Waals surface area contributed by atoms with Gasteiger partial charge in [-0.1, -0.05) is 30.3 Å². The van der Waals surface area contributed by atoms with Gasteiger partial charge in [-0.3, -0.25) is 4.90 Å². The number of benzene rings is 2. The third kappa shape index (κ3) is 5.76. The number of aliphatic hydroxyl groups is 1. The van der Waals surface area contributed by atoms with Crippen molar-refractivity contribution in [2.24, 2.45) is 17.8 Å². The van der Waals surface area contributed by atoms with E-state index in [1.165, 1.54) is 6.42 Å². The molecule has 33 heavy (non-hydrogen) atoms. The number of aromatic nitrogens is 4. The Bertz CT molecular complexity index is 975. The van der Waals surface area contributed by atoms with Crippen molar-refractivity contribution >= 4 is 0 Å². The maximum atomic E-state index is 10.4. The van der Waals surface area contributed by atoms with Crippen LogP contribution in [-0.2, 0) is 11.3 Å². The molecule has 2 heterocycles. The molecule has 1 saturated carbocycles. The van der Waals surface area contributed by atoms with Crippen LogP contribution in [0.5, 0.6) is 5.75 Å². The van der Waals surface area contributed by atoms with Crippen LogP contribution >= 0.6 is 0 Å². The highest BCUT2D eigenvalue weighted by molar-refractivity contribution is 5.36. The van der Waals surface area contributed by atoms with E-state index in [-0.39, 0.29) is 0 Å². The molecule has 0 amide bonds. The SMILES string of the molecule is OC(OCc1ccccc1)N1CCC([C@H]2CC2CCOc2ccc(-n3cnnn3)cc2)CC1. The number of likely N-dealkylation sites (tertiary alicyclic amines) is 1. The average Bonchev–Trinajstić information content (AvgIpc) is 3.42. The molecule has 8 nitrogen and oxygen atoms in total. The van der Waals surface area contributed by atoms with Crippen LogP contribution in [0.4, 0.5) is 0 Å². The van der Waals surface area contributed by atoms with Gasteiger partial charge in [0.05, 0.1) is 18.9 Å². The van der Waals surface area contributed by atoms with Gasteiger partial charge >= 0.3 is 0 Å². The topological polar surface area (TPSA) is 85.5 Å².